The van der Waals surface area contributed by atoms with Crippen molar-refractivity contribution < 1.29 is 31.4 Å². The monoisotopic (exact) mass is 545 g/mol. The van der Waals surface area contributed by atoms with Crippen molar-refractivity contribution in [3.8, 4) is 0 Å². The number of ether oxygens (including phenoxy) is 1. The van der Waals surface area contributed by atoms with Gasteiger partial charge in [0.15, 0.2) is 5.60 Å². The summed E-state index contributed by atoms with van der Waals surface area (Å²) in [6, 6.07) is 8.87. The van der Waals surface area contributed by atoms with E-state index in [0.717, 1.165) is 33.0 Å². The molecule has 0 unspecified atom stereocenters. The van der Waals surface area contributed by atoms with Crippen LogP contribution in [0, 0.1) is 5.92 Å². The average Bonchev–Trinajstić information content (AvgIpc) is 3.57. The summed E-state index contributed by atoms with van der Waals surface area (Å²) in [7, 11) is -3.62. The third kappa shape index (κ3) is 4.79. The number of piperazine rings is 1. The number of sulfonamides is 1. The van der Waals surface area contributed by atoms with Gasteiger partial charge in [-0.1, -0.05) is 18.2 Å². The van der Waals surface area contributed by atoms with Crippen LogP contribution in [0.2, 0.25) is 0 Å². The van der Waals surface area contributed by atoms with Gasteiger partial charge in [0.2, 0.25) is 0 Å². The highest BCUT2D eigenvalue weighted by Crippen LogP contribution is 2.39. The maximum atomic E-state index is 13.3. The largest absolute Gasteiger partial charge is 0.421 e. The van der Waals surface area contributed by atoms with E-state index >= 15 is 0 Å². The van der Waals surface area contributed by atoms with Crippen molar-refractivity contribution in [1.82, 2.24) is 9.21 Å². The number of halogens is 3. The van der Waals surface area contributed by atoms with Crippen LogP contribution in [0.15, 0.2) is 46.0 Å². The molecule has 5 rings (SSSR count). The highest BCUT2D eigenvalue weighted by atomic mass is 32.2. The first-order valence-electron chi connectivity index (χ1n) is 12.0. The molecule has 1 N–H and O–H groups in total. The Morgan fingerprint density at radius 3 is 2.50 bits per heavy atom. The molecule has 1 aromatic heterocycles. The van der Waals surface area contributed by atoms with Crippen LogP contribution in [0.4, 0.5) is 18.9 Å². The number of rotatable bonds is 6. The predicted octanol–water partition coefficient (Wildman–Crippen LogP) is 3.12. The number of benzene rings is 1. The maximum absolute atomic E-state index is 13.3. The number of anilines is 1. The molecule has 7 nitrogen and oxygen atoms in total. The lowest BCUT2D eigenvalue weighted by Crippen LogP contribution is -2.58. The molecule has 0 spiro atoms. The first kappa shape index (κ1) is 25.9. The fourth-order valence-corrected chi connectivity index (χ4v) is 8.04. The number of nitrogens with zero attached hydrogens (tertiary/aromatic N) is 3. The Morgan fingerprint density at radius 1 is 1.11 bits per heavy atom. The van der Waals surface area contributed by atoms with Gasteiger partial charge in [0.05, 0.1) is 12.1 Å². The molecule has 36 heavy (non-hydrogen) atoms. The number of hydrogen-bond donors (Lipinski definition) is 1. The Bertz CT molecular complexity index is 1140. The van der Waals surface area contributed by atoms with Crippen LogP contribution < -0.4 is 4.90 Å². The quantitative estimate of drug-likeness (QED) is 0.602. The summed E-state index contributed by atoms with van der Waals surface area (Å²) in [5, 5.41) is 11.8. The van der Waals surface area contributed by atoms with E-state index in [0.29, 0.717) is 28.9 Å². The Kier molecular flexibility index (Phi) is 6.88. The number of aliphatic hydroxyl groups is 1. The summed E-state index contributed by atoms with van der Waals surface area (Å²) >= 11 is 1.19. The van der Waals surface area contributed by atoms with Gasteiger partial charge in [0, 0.05) is 57.5 Å². The van der Waals surface area contributed by atoms with Gasteiger partial charge in [-0.2, -0.15) is 17.5 Å². The van der Waals surface area contributed by atoms with Crippen molar-refractivity contribution in [2.75, 3.05) is 50.8 Å². The fraction of sp³-hybridized carbons (Fsp3) is 0.583. The van der Waals surface area contributed by atoms with E-state index in [-0.39, 0.29) is 30.8 Å². The van der Waals surface area contributed by atoms with E-state index in [1.165, 1.54) is 27.8 Å². The minimum atomic E-state index is -4.80. The summed E-state index contributed by atoms with van der Waals surface area (Å²) < 4.78 is 74.0. The average molecular weight is 546 g/mol. The van der Waals surface area contributed by atoms with Crippen molar-refractivity contribution in [2.45, 2.75) is 41.5 Å². The third-order valence-corrected chi connectivity index (χ3v) is 10.8. The standard InChI is InChI=1S/C24H30F3N3O4S2/c1-23(31,24(25,26)27)18-4-6-19(7-5-18)30-10-9-29(36(32,33)22-3-2-12-35-22)15-20(30)14-28-13-17-8-11-34-21(17)16-28/h2-7,12,17,20-21,31H,8-11,13-16H2,1H3/t17-,20+,21+,23+/m1/s1. The first-order chi connectivity index (χ1) is 17.0. The molecule has 3 saturated heterocycles. The number of hydrogen-bond acceptors (Lipinski definition) is 7. The zero-order valence-electron chi connectivity index (χ0n) is 19.9. The van der Waals surface area contributed by atoms with Crippen LogP contribution in [0.25, 0.3) is 0 Å². The topological polar surface area (TPSA) is 73.3 Å². The first-order valence-corrected chi connectivity index (χ1v) is 14.3. The van der Waals surface area contributed by atoms with Crippen molar-refractivity contribution in [2.24, 2.45) is 5.92 Å². The Morgan fingerprint density at radius 2 is 1.86 bits per heavy atom. The van der Waals surface area contributed by atoms with Gasteiger partial charge in [-0.25, -0.2) is 8.42 Å². The Labute approximate surface area is 213 Å². The zero-order chi connectivity index (χ0) is 25.7. The molecule has 12 heteroatoms. The van der Waals surface area contributed by atoms with E-state index in [4.69, 9.17) is 4.74 Å². The van der Waals surface area contributed by atoms with Crippen LogP contribution in [0.5, 0.6) is 0 Å². The van der Waals surface area contributed by atoms with Crippen molar-refractivity contribution in [3.05, 3.63) is 47.3 Å². The summed E-state index contributed by atoms with van der Waals surface area (Å²) in [6.45, 7) is 4.77. The molecular formula is C24H30F3N3O4S2. The molecule has 0 radical (unpaired) electrons. The van der Waals surface area contributed by atoms with Crippen LogP contribution in [0.3, 0.4) is 0 Å². The van der Waals surface area contributed by atoms with Crippen LogP contribution in [-0.4, -0.2) is 86.9 Å². The lowest BCUT2D eigenvalue weighted by Gasteiger charge is -2.43. The molecule has 2 aromatic rings. The molecule has 0 saturated carbocycles. The molecule has 0 amide bonds. The predicted molar refractivity (Wildman–Crippen MR) is 131 cm³/mol. The molecule has 0 aliphatic carbocycles. The van der Waals surface area contributed by atoms with Gasteiger partial charge in [-0.3, -0.25) is 4.90 Å². The van der Waals surface area contributed by atoms with Crippen molar-refractivity contribution >= 4 is 27.0 Å². The third-order valence-electron chi connectivity index (χ3n) is 7.59. The Balaban J connectivity index is 1.38. The van der Waals surface area contributed by atoms with Crippen molar-refractivity contribution in [3.63, 3.8) is 0 Å². The second-order valence-corrected chi connectivity index (χ2v) is 13.0. The SMILES string of the molecule is C[C@](O)(c1ccc(N2CCN(S(=O)(=O)c3cccs3)C[C@@H]2CN2C[C@H]3CCO[C@H]3C2)cc1)C(F)(F)F. The molecule has 1 aromatic carbocycles. The molecule has 4 heterocycles. The summed E-state index contributed by atoms with van der Waals surface area (Å²) in [6.07, 6.45) is -3.57. The minimum Gasteiger partial charge on any atom is -0.377 e. The smallest absolute Gasteiger partial charge is 0.377 e. The highest BCUT2D eigenvalue weighted by molar-refractivity contribution is 7.91. The van der Waals surface area contributed by atoms with Crippen LogP contribution >= 0.6 is 11.3 Å². The number of thiophene rings is 1. The molecule has 3 fully saturated rings. The van der Waals surface area contributed by atoms with Crippen molar-refractivity contribution in [1.29, 1.82) is 0 Å². The lowest BCUT2D eigenvalue weighted by atomic mass is 9.95. The fourth-order valence-electron chi connectivity index (χ4n) is 5.43. The maximum Gasteiger partial charge on any atom is 0.421 e. The van der Waals surface area contributed by atoms with Gasteiger partial charge >= 0.3 is 6.18 Å². The van der Waals surface area contributed by atoms with E-state index in [2.05, 4.69) is 9.80 Å². The van der Waals surface area contributed by atoms with E-state index in [9.17, 15) is 26.7 Å². The summed E-state index contributed by atoms with van der Waals surface area (Å²) in [5.74, 6) is 0.483. The van der Waals surface area contributed by atoms with Crippen LogP contribution in [-0.2, 0) is 20.4 Å². The van der Waals surface area contributed by atoms with Gasteiger partial charge in [-0.15, -0.1) is 11.3 Å². The molecule has 198 valence electrons. The second kappa shape index (κ2) is 9.55. The minimum absolute atomic E-state index is 0.193. The lowest BCUT2D eigenvalue weighted by molar-refractivity contribution is -0.258. The normalized spacial score (nSPS) is 27.8. The molecular weight excluding hydrogens is 515 g/mol. The van der Waals surface area contributed by atoms with E-state index in [1.54, 1.807) is 29.6 Å². The molecule has 4 atom stereocenters. The number of likely N-dealkylation sites (tertiary alicyclic amines) is 1. The van der Waals surface area contributed by atoms with Gasteiger partial charge < -0.3 is 14.7 Å². The Hall–Kier alpha value is -1.70. The highest BCUT2D eigenvalue weighted by Gasteiger charge is 2.51. The number of fused-ring (bicyclic) bond motifs is 1. The zero-order valence-corrected chi connectivity index (χ0v) is 21.5. The van der Waals surface area contributed by atoms with E-state index in [1.807, 2.05) is 0 Å². The van der Waals surface area contributed by atoms with Gasteiger partial charge in [-0.05, 0) is 42.5 Å². The van der Waals surface area contributed by atoms with Gasteiger partial charge in [0.1, 0.15) is 4.21 Å². The summed E-state index contributed by atoms with van der Waals surface area (Å²) in [5.41, 5.74) is -2.49. The summed E-state index contributed by atoms with van der Waals surface area (Å²) in [4.78, 5) is 4.37. The second-order valence-electron chi connectivity index (χ2n) is 9.94. The van der Waals surface area contributed by atoms with Gasteiger partial charge in [0.25, 0.3) is 10.0 Å². The van der Waals surface area contributed by atoms with E-state index < -0.39 is 21.8 Å². The molecule has 0 bridgehead atoms. The molecule has 3 aliphatic rings. The molecule has 3 aliphatic heterocycles. The van der Waals surface area contributed by atoms with Crippen LogP contribution in [0.1, 0.15) is 18.9 Å². The number of alkyl halides is 3.